The molecule has 6 nitrogen and oxygen atoms in total. The first kappa shape index (κ1) is 13.7. The van der Waals surface area contributed by atoms with E-state index >= 15 is 0 Å². The Morgan fingerprint density at radius 1 is 1.38 bits per heavy atom. The molecule has 0 saturated carbocycles. The number of hydrogen-bond acceptors (Lipinski definition) is 5. The highest BCUT2D eigenvalue weighted by atomic mass is 32.1. The molecule has 1 aromatic heterocycles. The first-order valence-corrected chi connectivity index (χ1v) is 7.47. The third-order valence-electron chi connectivity index (χ3n) is 3.24. The lowest BCUT2D eigenvalue weighted by atomic mass is 10.2. The topological polar surface area (TPSA) is 75.2 Å². The minimum atomic E-state index is -0.250. The molecule has 2 aromatic rings. The number of aryl methyl sites for hydroxylation is 1. The molecule has 3 rings (SSSR count). The van der Waals surface area contributed by atoms with Crippen LogP contribution < -0.4 is 10.2 Å². The van der Waals surface area contributed by atoms with Gasteiger partial charge in [0.05, 0.1) is 0 Å². The van der Waals surface area contributed by atoms with E-state index in [4.69, 9.17) is 0 Å². The van der Waals surface area contributed by atoms with Crippen LogP contribution in [-0.2, 0) is 4.79 Å². The van der Waals surface area contributed by atoms with Crippen molar-refractivity contribution in [3.05, 3.63) is 34.8 Å². The number of aromatic nitrogens is 2. The van der Waals surface area contributed by atoms with Crippen LogP contribution in [-0.4, -0.2) is 28.6 Å². The van der Waals surface area contributed by atoms with Crippen molar-refractivity contribution in [3.8, 4) is 0 Å². The number of amides is 2. The molecule has 0 aliphatic carbocycles. The highest BCUT2D eigenvalue weighted by Gasteiger charge is 2.22. The van der Waals surface area contributed by atoms with Crippen LogP contribution in [0.3, 0.4) is 0 Å². The van der Waals surface area contributed by atoms with Gasteiger partial charge in [-0.2, -0.15) is 0 Å². The number of nitrogens with one attached hydrogen (secondary N) is 1. The molecule has 0 radical (unpaired) electrons. The zero-order valence-corrected chi connectivity index (χ0v) is 12.3. The van der Waals surface area contributed by atoms with Crippen LogP contribution in [0.1, 0.15) is 28.2 Å². The van der Waals surface area contributed by atoms with Crippen LogP contribution in [0, 0.1) is 6.92 Å². The second-order valence-corrected chi connectivity index (χ2v) is 5.96. The molecule has 0 atom stereocenters. The van der Waals surface area contributed by atoms with Crippen molar-refractivity contribution in [3.63, 3.8) is 0 Å². The maximum absolute atomic E-state index is 12.2. The molecule has 108 valence electrons. The summed E-state index contributed by atoms with van der Waals surface area (Å²) in [5.74, 6) is -0.146. The minimum absolute atomic E-state index is 0.104. The van der Waals surface area contributed by atoms with Crippen LogP contribution in [0.2, 0.25) is 0 Å². The Labute approximate surface area is 125 Å². The average Bonchev–Trinajstić information content (AvgIpc) is 3.07. The van der Waals surface area contributed by atoms with E-state index in [1.54, 1.807) is 23.1 Å². The maximum Gasteiger partial charge on any atom is 0.257 e. The highest BCUT2D eigenvalue weighted by Crippen LogP contribution is 2.23. The molecule has 7 heteroatoms. The van der Waals surface area contributed by atoms with Crippen LogP contribution in [0.25, 0.3) is 0 Å². The monoisotopic (exact) mass is 302 g/mol. The molecular weight excluding hydrogens is 288 g/mol. The van der Waals surface area contributed by atoms with Gasteiger partial charge in [0.25, 0.3) is 5.91 Å². The molecule has 0 spiro atoms. The van der Waals surface area contributed by atoms with E-state index in [1.807, 2.05) is 13.0 Å². The molecule has 21 heavy (non-hydrogen) atoms. The highest BCUT2D eigenvalue weighted by molar-refractivity contribution is 7.15. The Morgan fingerprint density at radius 2 is 2.24 bits per heavy atom. The van der Waals surface area contributed by atoms with Gasteiger partial charge >= 0.3 is 0 Å². The summed E-state index contributed by atoms with van der Waals surface area (Å²) in [5, 5.41) is 11.7. The zero-order valence-electron chi connectivity index (χ0n) is 11.5. The third kappa shape index (κ3) is 2.92. The number of benzene rings is 1. The summed E-state index contributed by atoms with van der Waals surface area (Å²) in [5.41, 5.74) is 1.26. The van der Waals surface area contributed by atoms with Crippen molar-refractivity contribution in [1.29, 1.82) is 0 Å². The maximum atomic E-state index is 12.2. The Balaban J connectivity index is 1.79. The van der Waals surface area contributed by atoms with Gasteiger partial charge < -0.3 is 4.90 Å². The molecule has 0 bridgehead atoms. The Hall–Kier alpha value is -2.28. The van der Waals surface area contributed by atoms with Crippen molar-refractivity contribution in [2.45, 2.75) is 19.8 Å². The number of carbonyl (C=O) groups is 2. The summed E-state index contributed by atoms with van der Waals surface area (Å²) in [4.78, 5) is 25.7. The second-order valence-electron chi connectivity index (χ2n) is 4.78. The van der Waals surface area contributed by atoms with Crippen LogP contribution in [0.5, 0.6) is 0 Å². The fourth-order valence-electron chi connectivity index (χ4n) is 2.25. The number of hydrogen-bond donors (Lipinski definition) is 1. The first-order valence-electron chi connectivity index (χ1n) is 6.65. The van der Waals surface area contributed by atoms with Crippen molar-refractivity contribution in [1.82, 2.24) is 10.2 Å². The predicted molar refractivity (Wildman–Crippen MR) is 80.6 cm³/mol. The van der Waals surface area contributed by atoms with Crippen LogP contribution in [0.4, 0.5) is 10.8 Å². The third-order valence-corrected chi connectivity index (χ3v) is 3.99. The van der Waals surface area contributed by atoms with Gasteiger partial charge in [-0.1, -0.05) is 17.4 Å². The quantitative estimate of drug-likeness (QED) is 0.943. The van der Waals surface area contributed by atoms with Gasteiger partial charge in [0.15, 0.2) is 0 Å². The molecule has 1 N–H and O–H groups in total. The fraction of sp³-hybridized carbons (Fsp3) is 0.286. The van der Waals surface area contributed by atoms with Crippen molar-refractivity contribution < 1.29 is 9.59 Å². The van der Waals surface area contributed by atoms with Crippen molar-refractivity contribution in [2.75, 3.05) is 16.8 Å². The summed E-state index contributed by atoms with van der Waals surface area (Å²) in [6.45, 7) is 2.53. The molecule has 1 aromatic carbocycles. The lowest BCUT2D eigenvalue weighted by molar-refractivity contribution is -0.117. The summed E-state index contributed by atoms with van der Waals surface area (Å²) in [7, 11) is 0. The Kier molecular flexibility index (Phi) is 3.66. The molecular formula is C14H14N4O2S. The van der Waals surface area contributed by atoms with E-state index in [1.165, 1.54) is 11.3 Å². The Bertz CT molecular complexity index is 698. The van der Waals surface area contributed by atoms with Crippen LogP contribution in [0.15, 0.2) is 24.3 Å². The molecule has 1 fully saturated rings. The van der Waals surface area contributed by atoms with E-state index in [2.05, 4.69) is 15.5 Å². The van der Waals surface area contributed by atoms with Gasteiger partial charge in [0.1, 0.15) is 5.01 Å². The van der Waals surface area contributed by atoms with E-state index in [9.17, 15) is 9.59 Å². The van der Waals surface area contributed by atoms with Gasteiger partial charge in [0.2, 0.25) is 11.0 Å². The molecule has 0 unspecified atom stereocenters. The number of rotatable bonds is 3. The minimum Gasteiger partial charge on any atom is -0.312 e. The number of anilines is 2. The first-order chi connectivity index (χ1) is 10.1. The normalized spacial score (nSPS) is 14.5. The van der Waals surface area contributed by atoms with Gasteiger partial charge in [-0.15, -0.1) is 10.2 Å². The number of nitrogens with zero attached hydrogens (tertiary/aromatic N) is 3. The van der Waals surface area contributed by atoms with Crippen LogP contribution >= 0.6 is 11.3 Å². The molecule has 1 saturated heterocycles. The van der Waals surface area contributed by atoms with Gasteiger partial charge in [0, 0.05) is 24.2 Å². The molecule has 2 heterocycles. The SMILES string of the molecule is Cc1nnc(NC(=O)c2cccc(N3CCCC3=O)c2)s1. The molecule has 1 aliphatic heterocycles. The van der Waals surface area contributed by atoms with E-state index in [-0.39, 0.29) is 11.8 Å². The largest absolute Gasteiger partial charge is 0.312 e. The van der Waals surface area contributed by atoms with E-state index < -0.39 is 0 Å². The fourth-order valence-corrected chi connectivity index (χ4v) is 2.84. The van der Waals surface area contributed by atoms with E-state index in [0.717, 1.165) is 17.1 Å². The van der Waals surface area contributed by atoms with E-state index in [0.29, 0.717) is 23.7 Å². The average molecular weight is 302 g/mol. The summed E-state index contributed by atoms with van der Waals surface area (Å²) >= 11 is 1.32. The van der Waals surface area contributed by atoms with Crippen molar-refractivity contribution >= 4 is 34.0 Å². The lowest BCUT2D eigenvalue weighted by Crippen LogP contribution is -2.24. The van der Waals surface area contributed by atoms with Gasteiger partial charge in [-0.05, 0) is 31.5 Å². The van der Waals surface area contributed by atoms with Gasteiger partial charge in [-0.3, -0.25) is 14.9 Å². The summed E-state index contributed by atoms with van der Waals surface area (Å²) in [6, 6.07) is 7.07. The zero-order chi connectivity index (χ0) is 14.8. The second kappa shape index (κ2) is 5.61. The lowest BCUT2D eigenvalue weighted by Gasteiger charge is -2.16. The predicted octanol–water partition coefficient (Wildman–Crippen LogP) is 2.23. The summed E-state index contributed by atoms with van der Waals surface area (Å²) in [6.07, 6.45) is 1.43. The summed E-state index contributed by atoms with van der Waals surface area (Å²) < 4.78 is 0. The van der Waals surface area contributed by atoms with Crippen molar-refractivity contribution in [2.24, 2.45) is 0 Å². The van der Waals surface area contributed by atoms with Gasteiger partial charge in [-0.25, -0.2) is 0 Å². The Morgan fingerprint density at radius 3 is 2.90 bits per heavy atom. The number of carbonyl (C=O) groups excluding carboxylic acids is 2. The standard InChI is InChI=1S/C14H14N4O2S/c1-9-16-17-14(21-9)15-13(20)10-4-2-5-11(8-10)18-7-3-6-12(18)19/h2,4-5,8H,3,6-7H2,1H3,(H,15,17,20). The smallest absolute Gasteiger partial charge is 0.257 e. The molecule has 2 amide bonds. The molecule has 1 aliphatic rings.